The fraction of sp³-hybridized carbons (Fsp3) is 0.500. The molecule has 0 saturated heterocycles. The van der Waals surface area contributed by atoms with Crippen molar-refractivity contribution in [1.82, 2.24) is 9.97 Å². The molecule has 5 nitrogen and oxygen atoms in total. The summed E-state index contributed by atoms with van der Waals surface area (Å²) < 4.78 is 49.6. The molecular weight excluding hydrogens is 240 g/mol. The van der Waals surface area contributed by atoms with Gasteiger partial charge < -0.3 is 0 Å². The highest BCUT2D eigenvalue weighted by Crippen LogP contribution is 2.17. The first-order valence-corrected chi connectivity index (χ1v) is 6.09. The van der Waals surface area contributed by atoms with E-state index in [1.165, 1.54) is 18.5 Å². The Morgan fingerprint density at radius 1 is 1.38 bits per heavy atom. The predicted molar refractivity (Wildman–Crippen MR) is 54.7 cm³/mol. The Labute approximate surface area is 92.0 Å². The summed E-state index contributed by atoms with van der Waals surface area (Å²) in [5.41, 5.74) is 0. The van der Waals surface area contributed by atoms with E-state index in [-0.39, 0.29) is 5.95 Å². The number of nitrogens with one attached hydrogen (secondary N) is 1. The van der Waals surface area contributed by atoms with Gasteiger partial charge in [-0.3, -0.25) is 4.72 Å². The standard InChI is InChI=1S/C8H11F2N3O2S/c1-8(9,10)3-6-16(14,15)13-7-11-4-2-5-12-7/h2,4-5H,3,6H2,1H3,(H,11,12,13). The van der Waals surface area contributed by atoms with Gasteiger partial charge in [0.05, 0.1) is 5.75 Å². The van der Waals surface area contributed by atoms with Crippen molar-refractivity contribution in [2.24, 2.45) is 0 Å². The van der Waals surface area contributed by atoms with E-state index in [0.717, 1.165) is 0 Å². The molecule has 1 aromatic rings. The lowest BCUT2D eigenvalue weighted by molar-refractivity contribution is 0.0189. The number of hydrogen-bond donors (Lipinski definition) is 1. The molecule has 1 N–H and O–H groups in total. The van der Waals surface area contributed by atoms with Gasteiger partial charge in [-0.15, -0.1) is 0 Å². The molecule has 0 aromatic carbocycles. The van der Waals surface area contributed by atoms with Crippen molar-refractivity contribution < 1.29 is 17.2 Å². The Balaban J connectivity index is 2.60. The summed E-state index contributed by atoms with van der Waals surface area (Å²) in [6, 6.07) is 1.51. The van der Waals surface area contributed by atoms with E-state index < -0.39 is 28.1 Å². The summed E-state index contributed by atoms with van der Waals surface area (Å²) in [5, 5.41) is 0. The lowest BCUT2D eigenvalue weighted by atomic mass is 10.3. The minimum Gasteiger partial charge on any atom is -0.251 e. The van der Waals surface area contributed by atoms with Crippen molar-refractivity contribution in [1.29, 1.82) is 0 Å². The molecule has 1 heterocycles. The molecule has 0 fully saturated rings. The van der Waals surface area contributed by atoms with E-state index in [2.05, 4.69) is 9.97 Å². The number of anilines is 1. The van der Waals surface area contributed by atoms with Crippen LogP contribution in [0.4, 0.5) is 14.7 Å². The van der Waals surface area contributed by atoms with Gasteiger partial charge >= 0.3 is 0 Å². The number of hydrogen-bond acceptors (Lipinski definition) is 4. The third-order valence-electron chi connectivity index (χ3n) is 1.62. The van der Waals surface area contributed by atoms with Crippen molar-refractivity contribution in [3.63, 3.8) is 0 Å². The van der Waals surface area contributed by atoms with E-state index in [4.69, 9.17) is 0 Å². The first-order chi connectivity index (χ1) is 7.29. The van der Waals surface area contributed by atoms with Crippen LogP contribution >= 0.6 is 0 Å². The highest BCUT2D eigenvalue weighted by molar-refractivity contribution is 7.92. The van der Waals surface area contributed by atoms with Crippen molar-refractivity contribution in [3.8, 4) is 0 Å². The van der Waals surface area contributed by atoms with Crippen LogP contribution in [-0.4, -0.2) is 30.1 Å². The molecule has 90 valence electrons. The molecule has 0 radical (unpaired) electrons. The normalized spacial score (nSPS) is 12.4. The highest BCUT2D eigenvalue weighted by Gasteiger charge is 2.25. The molecule has 1 aromatic heterocycles. The summed E-state index contributed by atoms with van der Waals surface area (Å²) in [7, 11) is -3.82. The van der Waals surface area contributed by atoms with E-state index >= 15 is 0 Å². The fourth-order valence-electron chi connectivity index (χ4n) is 0.855. The minimum atomic E-state index is -3.82. The van der Waals surface area contributed by atoms with E-state index in [0.29, 0.717) is 6.92 Å². The zero-order valence-corrected chi connectivity index (χ0v) is 9.34. The second-order valence-electron chi connectivity index (χ2n) is 3.31. The second kappa shape index (κ2) is 4.69. The molecule has 0 aliphatic heterocycles. The van der Waals surface area contributed by atoms with Gasteiger partial charge in [0.15, 0.2) is 0 Å². The summed E-state index contributed by atoms with van der Waals surface area (Å²) in [6.45, 7) is 0.668. The number of halogens is 2. The number of sulfonamides is 1. The molecule has 0 saturated carbocycles. The number of alkyl halides is 2. The Bertz CT molecular complexity index is 430. The second-order valence-corrected chi connectivity index (χ2v) is 5.16. The van der Waals surface area contributed by atoms with Crippen molar-refractivity contribution >= 4 is 16.0 Å². The maximum Gasteiger partial charge on any atom is 0.246 e. The molecular formula is C8H11F2N3O2S. The lowest BCUT2D eigenvalue weighted by Crippen LogP contribution is -2.23. The summed E-state index contributed by atoms with van der Waals surface area (Å²) in [6.07, 6.45) is 1.95. The van der Waals surface area contributed by atoms with Crippen LogP contribution in [0.2, 0.25) is 0 Å². The first-order valence-electron chi connectivity index (χ1n) is 4.44. The maximum absolute atomic E-state index is 12.5. The minimum absolute atomic E-state index is 0.123. The highest BCUT2D eigenvalue weighted by atomic mass is 32.2. The summed E-state index contributed by atoms with van der Waals surface area (Å²) in [5.74, 6) is -3.80. The fourth-order valence-corrected chi connectivity index (χ4v) is 1.97. The Morgan fingerprint density at radius 2 is 1.94 bits per heavy atom. The molecule has 0 aliphatic rings. The Kier molecular flexibility index (Phi) is 3.74. The zero-order valence-electron chi connectivity index (χ0n) is 8.52. The third-order valence-corrected chi connectivity index (χ3v) is 2.86. The lowest BCUT2D eigenvalue weighted by Gasteiger charge is -2.10. The van der Waals surface area contributed by atoms with E-state index in [1.54, 1.807) is 0 Å². The van der Waals surface area contributed by atoms with Crippen LogP contribution in [0.3, 0.4) is 0 Å². The molecule has 1 rings (SSSR count). The van der Waals surface area contributed by atoms with Gasteiger partial charge in [0.2, 0.25) is 21.9 Å². The Hall–Kier alpha value is -1.31. The van der Waals surface area contributed by atoms with Crippen LogP contribution in [0.25, 0.3) is 0 Å². The quantitative estimate of drug-likeness (QED) is 0.855. The van der Waals surface area contributed by atoms with E-state index in [9.17, 15) is 17.2 Å². The topological polar surface area (TPSA) is 72.0 Å². The van der Waals surface area contributed by atoms with Crippen LogP contribution in [0.1, 0.15) is 13.3 Å². The maximum atomic E-state index is 12.5. The van der Waals surface area contributed by atoms with Gasteiger partial charge in [-0.25, -0.2) is 27.2 Å². The molecule has 0 atom stereocenters. The molecule has 0 bridgehead atoms. The average molecular weight is 251 g/mol. The van der Waals surface area contributed by atoms with Gasteiger partial charge in [0.1, 0.15) is 0 Å². The molecule has 8 heteroatoms. The number of rotatable bonds is 5. The monoisotopic (exact) mass is 251 g/mol. The Morgan fingerprint density at radius 3 is 2.44 bits per heavy atom. The van der Waals surface area contributed by atoms with Crippen molar-refractivity contribution in [2.75, 3.05) is 10.5 Å². The van der Waals surface area contributed by atoms with Crippen LogP contribution in [0, 0.1) is 0 Å². The number of nitrogens with zero attached hydrogens (tertiary/aromatic N) is 2. The van der Waals surface area contributed by atoms with Gasteiger partial charge in [-0.2, -0.15) is 0 Å². The molecule has 0 spiro atoms. The van der Waals surface area contributed by atoms with Gasteiger partial charge in [0.25, 0.3) is 0 Å². The predicted octanol–water partition coefficient (Wildman–Crippen LogP) is 1.26. The molecule has 0 unspecified atom stereocenters. The molecule has 0 amide bonds. The number of aromatic nitrogens is 2. The van der Waals surface area contributed by atoms with Crippen molar-refractivity contribution in [3.05, 3.63) is 18.5 Å². The average Bonchev–Trinajstić information content (AvgIpc) is 2.15. The van der Waals surface area contributed by atoms with Crippen LogP contribution in [0.5, 0.6) is 0 Å². The molecule has 16 heavy (non-hydrogen) atoms. The third kappa shape index (κ3) is 4.96. The SMILES string of the molecule is CC(F)(F)CCS(=O)(=O)Nc1ncccn1. The summed E-state index contributed by atoms with van der Waals surface area (Å²) in [4.78, 5) is 7.24. The van der Waals surface area contributed by atoms with Crippen molar-refractivity contribution in [2.45, 2.75) is 19.3 Å². The smallest absolute Gasteiger partial charge is 0.246 e. The summed E-state index contributed by atoms with van der Waals surface area (Å²) >= 11 is 0. The van der Waals surface area contributed by atoms with Gasteiger partial charge in [-0.05, 0) is 13.0 Å². The zero-order chi connectivity index (χ0) is 12.2. The largest absolute Gasteiger partial charge is 0.251 e. The van der Waals surface area contributed by atoms with Crippen LogP contribution in [-0.2, 0) is 10.0 Å². The van der Waals surface area contributed by atoms with Gasteiger partial charge in [-0.1, -0.05) is 0 Å². The van der Waals surface area contributed by atoms with Crippen LogP contribution in [0.15, 0.2) is 18.5 Å². The van der Waals surface area contributed by atoms with Crippen LogP contribution < -0.4 is 4.72 Å². The first kappa shape index (κ1) is 12.8. The molecule has 0 aliphatic carbocycles. The van der Waals surface area contributed by atoms with Gasteiger partial charge in [0, 0.05) is 18.8 Å². The van der Waals surface area contributed by atoms with E-state index in [1.807, 2.05) is 4.72 Å².